The van der Waals surface area contributed by atoms with Gasteiger partial charge in [-0.25, -0.2) is 0 Å². The van der Waals surface area contributed by atoms with Crippen LogP contribution in [0.3, 0.4) is 0 Å². The van der Waals surface area contributed by atoms with Crippen LogP contribution in [-0.2, 0) is 38.0 Å². The Morgan fingerprint density at radius 1 is 1.00 bits per heavy atom. The SMILES string of the molecule is C/C=C\O[C@H](COS(=O)(=O)c1c(C(C)C)cc(C(C)C)cc1C(C)C)[C@H]1O[C@@H]2OC(C)(C)O[C@@H]2[C@H]1OC. The maximum Gasteiger partial charge on any atom is 0.297 e. The van der Waals surface area contributed by atoms with Gasteiger partial charge in [0.05, 0.1) is 6.26 Å². The number of hydrogen-bond acceptors (Lipinski definition) is 8. The van der Waals surface area contributed by atoms with E-state index in [1.54, 1.807) is 13.2 Å². The Morgan fingerprint density at radius 2 is 1.59 bits per heavy atom. The van der Waals surface area contributed by atoms with Crippen LogP contribution in [0.2, 0.25) is 0 Å². The standard InChI is InChI=1S/C28H44O8S/c1-11-12-32-22(23-24(31-10)25-27(34-23)36-28(8,9)35-25)15-33-37(29,30)26-20(17(4)5)13-19(16(2)3)14-21(26)18(6)7/h11-14,16-18,22-25,27H,15H2,1-10H3/b12-11-/t22-,23-,24+,25-,27-/m1/s1. The molecule has 8 nitrogen and oxygen atoms in total. The van der Waals surface area contributed by atoms with Crippen molar-refractivity contribution < 1.29 is 36.3 Å². The Morgan fingerprint density at radius 3 is 2.08 bits per heavy atom. The average Bonchev–Trinajstić information content (AvgIpc) is 3.28. The second-order valence-electron chi connectivity index (χ2n) is 11.1. The molecule has 0 saturated carbocycles. The van der Waals surface area contributed by atoms with Crippen molar-refractivity contribution >= 4 is 10.1 Å². The van der Waals surface area contributed by atoms with Gasteiger partial charge in [-0.1, -0.05) is 59.8 Å². The van der Waals surface area contributed by atoms with Gasteiger partial charge < -0.3 is 23.7 Å². The summed E-state index contributed by atoms with van der Waals surface area (Å²) < 4.78 is 62.8. The van der Waals surface area contributed by atoms with Gasteiger partial charge >= 0.3 is 0 Å². The lowest BCUT2D eigenvalue weighted by atomic mass is 9.89. The number of ether oxygens (including phenoxy) is 5. The van der Waals surface area contributed by atoms with Crippen LogP contribution in [0, 0.1) is 0 Å². The van der Waals surface area contributed by atoms with E-state index in [0.717, 1.165) is 16.7 Å². The molecule has 0 aromatic heterocycles. The number of allylic oxidation sites excluding steroid dienone is 1. The van der Waals surface area contributed by atoms with Gasteiger partial charge in [0.2, 0.25) is 0 Å². The topological polar surface area (TPSA) is 89.5 Å². The van der Waals surface area contributed by atoms with Crippen LogP contribution in [-0.4, -0.2) is 58.6 Å². The molecule has 0 spiro atoms. The van der Waals surface area contributed by atoms with E-state index in [0.29, 0.717) is 0 Å². The summed E-state index contributed by atoms with van der Waals surface area (Å²) in [5.74, 6) is -0.551. The molecule has 2 aliphatic rings. The quantitative estimate of drug-likeness (QED) is 0.266. The maximum atomic E-state index is 13.8. The summed E-state index contributed by atoms with van der Waals surface area (Å²) in [7, 11) is -2.57. The Bertz CT molecular complexity index is 1030. The minimum Gasteiger partial charge on any atom is -0.493 e. The first-order valence-corrected chi connectivity index (χ1v) is 14.5. The zero-order valence-corrected chi connectivity index (χ0v) is 24.6. The first-order valence-electron chi connectivity index (χ1n) is 13.1. The third-order valence-corrected chi connectivity index (χ3v) is 8.19. The molecule has 0 aliphatic carbocycles. The molecule has 2 aliphatic heterocycles. The minimum absolute atomic E-state index is 0.00675. The largest absolute Gasteiger partial charge is 0.493 e. The summed E-state index contributed by atoms with van der Waals surface area (Å²) in [6.07, 6.45) is 0.109. The summed E-state index contributed by atoms with van der Waals surface area (Å²) in [6.45, 7) is 17.4. The van der Waals surface area contributed by atoms with E-state index in [9.17, 15) is 8.42 Å². The van der Waals surface area contributed by atoms with E-state index < -0.39 is 46.6 Å². The Hall–Kier alpha value is -1.49. The summed E-state index contributed by atoms with van der Waals surface area (Å²) in [4.78, 5) is 0.243. The van der Waals surface area contributed by atoms with Gasteiger partial charge in [-0.2, -0.15) is 8.42 Å². The fraction of sp³-hybridized carbons (Fsp3) is 0.714. The Balaban J connectivity index is 1.93. The van der Waals surface area contributed by atoms with Crippen LogP contribution in [0.25, 0.3) is 0 Å². The van der Waals surface area contributed by atoms with Crippen molar-refractivity contribution in [2.24, 2.45) is 0 Å². The van der Waals surface area contributed by atoms with Gasteiger partial charge in [-0.15, -0.1) is 0 Å². The summed E-state index contributed by atoms with van der Waals surface area (Å²) in [5.41, 5.74) is 2.62. The van der Waals surface area contributed by atoms with Crippen LogP contribution >= 0.6 is 0 Å². The fourth-order valence-electron chi connectivity index (χ4n) is 4.86. The van der Waals surface area contributed by atoms with Crippen molar-refractivity contribution in [2.45, 2.75) is 121 Å². The van der Waals surface area contributed by atoms with E-state index in [1.165, 1.54) is 6.26 Å². The molecule has 9 heteroatoms. The highest BCUT2D eigenvalue weighted by Gasteiger charge is 2.57. The summed E-state index contributed by atoms with van der Waals surface area (Å²) in [6, 6.07) is 3.98. The van der Waals surface area contributed by atoms with Crippen LogP contribution in [0.1, 0.15) is 96.8 Å². The molecule has 210 valence electrons. The van der Waals surface area contributed by atoms with Crippen LogP contribution in [0.15, 0.2) is 29.4 Å². The molecule has 0 N–H and O–H groups in total. The first-order chi connectivity index (χ1) is 17.2. The monoisotopic (exact) mass is 540 g/mol. The summed E-state index contributed by atoms with van der Waals surface area (Å²) >= 11 is 0. The van der Waals surface area contributed by atoms with Gasteiger partial charge in [0.25, 0.3) is 10.1 Å². The van der Waals surface area contributed by atoms with Gasteiger partial charge in [0.1, 0.15) is 29.8 Å². The lowest BCUT2D eigenvalue weighted by Crippen LogP contribution is -2.45. The number of fused-ring (bicyclic) bond motifs is 1. The van der Waals surface area contributed by atoms with Crippen molar-refractivity contribution in [1.82, 2.24) is 0 Å². The van der Waals surface area contributed by atoms with Crippen molar-refractivity contribution in [3.63, 3.8) is 0 Å². The third-order valence-electron chi connectivity index (χ3n) is 6.77. The molecule has 2 heterocycles. The first kappa shape index (κ1) is 30.1. The summed E-state index contributed by atoms with van der Waals surface area (Å²) in [5, 5.41) is 0. The second-order valence-corrected chi connectivity index (χ2v) is 12.7. The van der Waals surface area contributed by atoms with E-state index in [4.69, 9.17) is 27.9 Å². The molecule has 2 saturated heterocycles. The van der Waals surface area contributed by atoms with E-state index in [2.05, 4.69) is 13.8 Å². The molecule has 0 bridgehead atoms. The highest BCUT2D eigenvalue weighted by Crippen LogP contribution is 2.41. The normalized spacial score (nSPS) is 26.5. The number of rotatable bonds is 11. The van der Waals surface area contributed by atoms with E-state index >= 15 is 0 Å². The molecule has 1 aromatic carbocycles. The van der Waals surface area contributed by atoms with Gasteiger partial charge in [0, 0.05) is 7.11 Å². The molecule has 2 fully saturated rings. The average molecular weight is 541 g/mol. The second kappa shape index (κ2) is 11.7. The minimum atomic E-state index is -4.13. The molecule has 3 rings (SSSR count). The molecular weight excluding hydrogens is 496 g/mol. The van der Waals surface area contributed by atoms with Gasteiger partial charge in [0.15, 0.2) is 18.2 Å². The predicted octanol–water partition coefficient (Wildman–Crippen LogP) is 5.57. The maximum absolute atomic E-state index is 13.8. The van der Waals surface area contributed by atoms with Crippen molar-refractivity contribution in [2.75, 3.05) is 13.7 Å². The highest BCUT2D eigenvalue weighted by atomic mass is 32.2. The van der Waals surface area contributed by atoms with Gasteiger partial charge in [-0.05, 0) is 55.2 Å². The fourth-order valence-corrected chi connectivity index (χ4v) is 6.45. The number of methoxy groups -OCH3 is 1. The smallest absolute Gasteiger partial charge is 0.297 e. The molecule has 37 heavy (non-hydrogen) atoms. The number of benzene rings is 1. The van der Waals surface area contributed by atoms with E-state index in [-0.39, 0.29) is 29.3 Å². The molecule has 1 aromatic rings. The van der Waals surface area contributed by atoms with Crippen molar-refractivity contribution in [1.29, 1.82) is 0 Å². The van der Waals surface area contributed by atoms with Crippen LogP contribution in [0.5, 0.6) is 0 Å². The van der Waals surface area contributed by atoms with Crippen LogP contribution < -0.4 is 0 Å². The van der Waals surface area contributed by atoms with Crippen LogP contribution in [0.4, 0.5) is 0 Å². The lowest BCUT2D eigenvalue weighted by Gasteiger charge is -2.30. The Kier molecular flexibility index (Phi) is 9.52. The molecule has 0 unspecified atom stereocenters. The Labute approximate surface area is 222 Å². The highest BCUT2D eigenvalue weighted by molar-refractivity contribution is 7.86. The molecule has 0 radical (unpaired) electrons. The third kappa shape index (κ3) is 6.57. The molecule has 5 atom stereocenters. The zero-order chi connectivity index (χ0) is 27.7. The van der Waals surface area contributed by atoms with Gasteiger partial charge in [-0.3, -0.25) is 4.18 Å². The number of hydrogen-bond donors (Lipinski definition) is 0. The van der Waals surface area contributed by atoms with Crippen molar-refractivity contribution in [3.8, 4) is 0 Å². The van der Waals surface area contributed by atoms with Crippen molar-refractivity contribution in [3.05, 3.63) is 41.2 Å². The van der Waals surface area contributed by atoms with E-state index in [1.807, 2.05) is 60.6 Å². The molecular formula is C28H44O8S. The zero-order valence-electron chi connectivity index (χ0n) is 23.8. The predicted molar refractivity (Wildman–Crippen MR) is 141 cm³/mol. The molecule has 0 amide bonds. The lowest BCUT2D eigenvalue weighted by molar-refractivity contribution is -0.229.